The topological polar surface area (TPSA) is 49.9 Å². The first-order chi connectivity index (χ1) is 14.5. The van der Waals surface area contributed by atoms with Crippen LogP contribution in [0, 0.1) is 0 Å². The van der Waals surface area contributed by atoms with Crippen LogP contribution in [-0.2, 0) is 23.2 Å². The van der Waals surface area contributed by atoms with Crippen LogP contribution in [0.3, 0.4) is 0 Å². The number of hydrogen-bond donors (Lipinski definition) is 0. The lowest BCUT2D eigenvalue weighted by atomic mass is 10.1. The molecule has 0 unspecified atom stereocenters. The summed E-state index contributed by atoms with van der Waals surface area (Å²) >= 11 is 7.34. The van der Waals surface area contributed by atoms with Gasteiger partial charge in [0.15, 0.2) is 0 Å². The molecule has 0 spiro atoms. The molecule has 0 aliphatic carbocycles. The van der Waals surface area contributed by atoms with Crippen molar-refractivity contribution in [3.63, 3.8) is 0 Å². The summed E-state index contributed by atoms with van der Waals surface area (Å²) in [5.74, 6) is 0.848. The van der Waals surface area contributed by atoms with Gasteiger partial charge in [-0.2, -0.15) is 15.6 Å². The van der Waals surface area contributed by atoms with Gasteiger partial charge in [0.2, 0.25) is 10.0 Å². The van der Waals surface area contributed by atoms with Gasteiger partial charge in [-0.3, -0.25) is 4.90 Å². The van der Waals surface area contributed by atoms with Crippen LogP contribution in [0.4, 0.5) is 0 Å². The van der Waals surface area contributed by atoms with Crippen molar-refractivity contribution in [1.82, 2.24) is 9.21 Å². The number of ether oxygens (including phenoxy) is 1. The van der Waals surface area contributed by atoms with Crippen LogP contribution in [0.5, 0.6) is 5.75 Å². The summed E-state index contributed by atoms with van der Waals surface area (Å²) in [6, 6.07) is 17.3. The van der Waals surface area contributed by atoms with E-state index in [-0.39, 0.29) is 0 Å². The average molecular weight is 463 g/mol. The van der Waals surface area contributed by atoms with Crippen molar-refractivity contribution in [2.24, 2.45) is 0 Å². The Labute approximate surface area is 186 Å². The Hall–Kier alpha value is -1.90. The van der Waals surface area contributed by atoms with Gasteiger partial charge in [-0.05, 0) is 35.2 Å². The Morgan fingerprint density at radius 1 is 0.967 bits per heavy atom. The summed E-state index contributed by atoms with van der Waals surface area (Å²) in [5, 5.41) is 4.19. The highest BCUT2D eigenvalue weighted by Gasteiger charge is 2.28. The van der Waals surface area contributed by atoms with E-state index in [1.165, 1.54) is 11.3 Å². The number of thiophene rings is 1. The fourth-order valence-electron chi connectivity index (χ4n) is 3.43. The van der Waals surface area contributed by atoms with E-state index in [0.29, 0.717) is 42.7 Å². The largest absolute Gasteiger partial charge is 0.489 e. The predicted molar refractivity (Wildman–Crippen MR) is 121 cm³/mol. The molecule has 0 bridgehead atoms. The number of nitrogens with zero attached hydrogens (tertiary/aromatic N) is 2. The first-order valence-corrected chi connectivity index (χ1v) is 12.5. The number of halogens is 1. The van der Waals surface area contributed by atoms with Gasteiger partial charge in [0, 0.05) is 48.7 Å². The minimum atomic E-state index is -3.38. The molecule has 5 nitrogen and oxygen atoms in total. The number of benzene rings is 2. The number of sulfonamides is 1. The molecule has 1 aliphatic heterocycles. The second-order valence-corrected chi connectivity index (χ2v) is 10.3. The zero-order chi connectivity index (χ0) is 21.0. The summed E-state index contributed by atoms with van der Waals surface area (Å²) in [7, 11) is -3.38. The van der Waals surface area contributed by atoms with Crippen molar-refractivity contribution < 1.29 is 13.2 Å². The Morgan fingerprint density at radius 3 is 2.40 bits per heavy atom. The minimum Gasteiger partial charge on any atom is -0.489 e. The number of rotatable bonds is 7. The zero-order valence-electron chi connectivity index (χ0n) is 16.4. The Bertz CT molecular complexity index is 1060. The molecule has 1 saturated heterocycles. The Morgan fingerprint density at radius 2 is 1.70 bits per heavy atom. The number of para-hydroxylation sites is 1. The molecular formula is C22H23ClN2O3S2. The highest BCUT2D eigenvalue weighted by molar-refractivity contribution is 7.89. The highest BCUT2D eigenvalue weighted by Crippen LogP contribution is 2.24. The van der Waals surface area contributed by atoms with Crippen LogP contribution < -0.4 is 4.74 Å². The van der Waals surface area contributed by atoms with Crippen LogP contribution in [-0.4, -0.2) is 43.8 Å². The van der Waals surface area contributed by atoms with E-state index in [1.54, 1.807) is 21.1 Å². The fraction of sp³-hybridized carbons (Fsp3) is 0.273. The fourth-order valence-corrected chi connectivity index (χ4v) is 6.00. The van der Waals surface area contributed by atoms with Crippen molar-refractivity contribution in [2.45, 2.75) is 18.0 Å². The number of hydrogen-bond acceptors (Lipinski definition) is 5. The second kappa shape index (κ2) is 9.49. The molecule has 8 heteroatoms. The molecule has 0 atom stereocenters. The molecule has 0 N–H and O–H groups in total. The quantitative estimate of drug-likeness (QED) is 0.519. The summed E-state index contributed by atoms with van der Waals surface area (Å²) in [6.07, 6.45) is 0. The van der Waals surface area contributed by atoms with Crippen LogP contribution in [0.2, 0.25) is 5.02 Å². The van der Waals surface area contributed by atoms with Gasteiger partial charge in [-0.25, -0.2) is 8.42 Å². The lowest BCUT2D eigenvalue weighted by molar-refractivity contribution is 0.178. The first-order valence-electron chi connectivity index (χ1n) is 9.72. The smallest absolute Gasteiger partial charge is 0.243 e. The molecular weight excluding hydrogens is 440 g/mol. The second-order valence-electron chi connectivity index (χ2n) is 7.16. The first kappa shape index (κ1) is 21.3. The monoisotopic (exact) mass is 462 g/mol. The molecule has 0 amide bonds. The molecule has 4 rings (SSSR count). The Balaban J connectivity index is 1.36. The van der Waals surface area contributed by atoms with Crippen LogP contribution >= 0.6 is 22.9 Å². The number of piperazine rings is 1. The van der Waals surface area contributed by atoms with E-state index < -0.39 is 10.0 Å². The zero-order valence-corrected chi connectivity index (χ0v) is 18.8. The summed E-state index contributed by atoms with van der Waals surface area (Å²) in [5.41, 5.74) is 2.15. The normalized spacial score (nSPS) is 15.9. The SMILES string of the molecule is O=S(=O)(c1ccsc1)N1CCN(Cc2ccccc2OCc2ccc(Cl)cc2)CC1. The van der Waals surface area contributed by atoms with Crippen LogP contribution in [0.25, 0.3) is 0 Å². The van der Waals surface area contributed by atoms with Gasteiger partial charge in [0.05, 0.1) is 4.90 Å². The standard InChI is InChI=1S/C22H23ClN2O3S2/c23-20-7-5-18(6-8-20)16-28-22-4-2-1-3-19(22)15-24-10-12-25(13-11-24)30(26,27)21-9-14-29-17-21/h1-9,14,17H,10-13,15-16H2. The lowest BCUT2D eigenvalue weighted by Crippen LogP contribution is -2.48. The van der Waals surface area contributed by atoms with Gasteiger partial charge < -0.3 is 4.74 Å². The van der Waals surface area contributed by atoms with Crippen LogP contribution in [0.1, 0.15) is 11.1 Å². The van der Waals surface area contributed by atoms with E-state index in [1.807, 2.05) is 42.5 Å². The van der Waals surface area contributed by atoms with Gasteiger partial charge >= 0.3 is 0 Å². The van der Waals surface area contributed by atoms with Crippen molar-refractivity contribution in [1.29, 1.82) is 0 Å². The minimum absolute atomic E-state index is 0.391. The maximum absolute atomic E-state index is 12.7. The molecule has 30 heavy (non-hydrogen) atoms. The molecule has 1 aliphatic rings. The van der Waals surface area contributed by atoms with E-state index in [4.69, 9.17) is 16.3 Å². The van der Waals surface area contributed by atoms with E-state index in [9.17, 15) is 8.42 Å². The summed E-state index contributed by atoms with van der Waals surface area (Å²) < 4.78 is 33.0. The van der Waals surface area contributed by atoms with E-state index in [2.05, 4.69) is 11.0 Å². The maximum Gasteiger partial charge on any atom is 0.243 e. The molecule has 158 valence electrons. The van der Waals surface area contributed by atoms with Gasteiger partial charge in [0.25, 0.3) is 0 Å². The summed E-state index contributed by atoms with van der Waals surface area (Å²) in [4.78, 5) is 2.66. The third kappa shape index (κ3) is 5.04. The predicted octanol–water partition coefficient (Wildman–Crippen LogP) is 4.49. The third-order valence-corrected chi connectivity index (χ3v) is 8.12. The Kier molecular flexibility index (Phi) is 6.75. The van der Waals surface area contributed by atoms with E-state index in [0.717, 1.165) is 23.4 Å². The van der Waals surface area contributed by atoms with Gasteiger partial charge in [-0.1, -0.05) is 41.9 Å². The average Bonchev–Trinajstić information content (AvgIpc) is 3.31. The van der Waals surface area contributed by atoms with Gasteiger partial charge in [-0.15, -0.1) is 0 Å². The molecule has 2 heterocycles. The summed E-state index contributed by atoms with van der Waals surface area (Å²) in [6.45, 7) is 3.56. The molecule has 1 fully saturated rings. The third-order valence-electron chi connectivity index (χ3n) is 5.14. The van der Waals surface area contributed by atoms with Crippen molar-refractivity contribution >= 4 is 33.0 Å². The lowest BCUT2D eigenvalue weighted by Gasteiger charge is -2.34. The van der Waals surface area contributed by atoms with Gasteiger partial charge in [0.1, 0.15) is 12.4 Å². The molecule has 2 aromatic carbocycles. The molecule has 3 aromatic rings. The highest BCUT2D eigenvalue weighted by atomic mass is 35.5. The molecule has 1 aromatic heterocycles. The maximum atomic E-state index is 12.7. The molecule has 0 saturated carbocycles. The van der Waals surface area contributed by atoms with Crippen molar-refractivity contribution in [3.8, 4) is 5.75 Å². The van der Waals surface area contributed by atoms with Crippen LogP contribution in [0.15, 0.2) is 70.3 Å². The van der Waals surface area contributed by atoms with Crippen molar-refractivity contribution in [3.05, 3.63) is 81.5 Å². The van der Waals surface area contributed by atoms with Crippen molar-refractivity contribution in [2.75, 3.05) is 26.2 Å². The molecule has 0 radical (unpaired) electrons. The van der Waals surface area contributed by atoms with E-state index >= 15 is 0 Å².